The molecule has 226 valence electrons. The molecular weight excluding hydrogens is 597 g/mol. The molecule has 0 aliphatic rings. The molecule has 0 saturated carbocycles. The first-order chi connectivity index (χ1) is 19.9. The Labute approximate surface area is 258 Å². The zero-order valence-electron chi connectivity index (χ0n) is 24.4. The molecule has 0 heterocycles. The second-order valence-corrected chi connectivity index (χ2v) is 12.7. The summed E-state index contributed by atoms with van der Waals surface area (Å²) in [5.74, 6) is -0.668. The van der Waals surface area contributed by atoms with Crippen molar-refractivity contribution < 1.29 is 22.7 Å². The highest BCUT2D eigenvalue weighted by atomic mass is 35.5. The quantitative estimate of drug-likeness (QED) is 0.241. The van der Waals surface area contributed by atoms with Crippen LogP contribution in [0.1, 0.15) is 45.2 Å². The lowest BCUT2D eigenvalue weighted by atomic mass is 10.1. The fraction of sp³-hybridized carbons (Fsp3) is 0.355. The summed E-state index contributed by atoms with van der Waals surface area (Å²) in [6.07, 6.45) is 0.701. The molecule has 0 radical (unpaired) electrons. The van der Waals surface area contributed by atoms with Gasteiger partial charge in [0.1, 0.15) is 18.3 Å². The first-order valence-corrected chi connectivity index (χ1v) is 15.9. The highest BCUT2D eigenvalue weighted by Gasteiger charge is 2.34. The molecule has 11 heteroatoms. The lowest BCUT2D eigenvalue weighted by Crippen LogP contribution is -2.52. The van der Waals surface area contributed by atoms with Gasteiger partial charge in [0.15, 0.2) is 0 Å². The van der Waals surface area contributed by atoms with Crippen molar-refractivity contribution in [2.75, 3.05) is 17.5 Å². The van der Waals surface area contributed by atoms with Crippen LogP contribution in [0.3, 0.4) is 0 Å². The number of rotatable bonds is 13. The number of para-hydroxylation sites is 2. The van der Waals surface area contributed by atoms with Gasteiger partial charge in [-0.05, 0) is 76.1 Å². The minimum absolute atomic E-state index is 0.0158. The third-order valence-electron chi connectivity index (χ3n) is 6.85. The Morgan fingerprint density at radius 2 is 1.64 bits per heavy atom. The van der Waals surface area contributed by atoms with Crippen molar-refractivity contribution >= 4 is 50.7 Å². The SMILES string of the molecule is CCOc1ccccc1N(CC(=O)N(Cc1ccc(Cl)cc1Cl)[C@H](C)C(=O)N[C@@H](C)CC)S(=O)(=O)c1ccc(C)cc1. The molecule has 3 rings (SSSR count). The normalized spacial score (nSPS) is 12.7. The minimum atomic E-state index is -4.23. The van der Waals surface area contributed by atoms with Crippen molar-refractivity contribution in [3.8, 4) is 5.75 Å². The number of halogens is 2. The fourth-order valence-corrected chi connectivity index (χ4v) is 6.07. The highest BCUT2D eigenvalue weighted by Crippen LogP contribution is 2.33. The van der Waals surface area contributed by atoms with Crippen LogP contribution in [0.15, 0.2) is 71.6 Å². The van der Waals surface area contributed by atoms with Crippen LogP contribution < -0.4 is 14.4 Å². The minimum Gasteiger partial charge on any atom is -0.492 e. The number of nitrogens with zero attached hydrogens (tertiary/aromatic N) is 2. The predicted octanol–water partition coefficient (Wildman–Crippen LogP) is 6.23. The predicted molar refractivity (Wildman–Crippen MR) is 168 cm³/mol. The molecule has 2 atom stereocenters. The Bertz CT molecular complexity index is 1500. The van der Waals surface area contributed by atoms with E-state index in [9.17, 15) is 18.0 Å². The smallest absolute Gasteiger partial charge is 0.264 e. The lowest BCUT2D eigenvalue weighted by Gasteiger charge is -2.33. The van der Waals surface area contributed by atoms with Crippen LogP contribution >= 0.6 is 23.2 Å². The molecule has 8 nitrogen and oxygen atoms in total. The van der Waals surface area contributed by atoms with Gasteiger partial charge in [-0.2, -0.15) is 0 Å². The van der Waals surface area contributed by atoms with E-state index in [2.05, 4.69) is 5.32 Å². The van der Waals surface area contributed by atoms with E-state index in [4.69, 9.17) is 27.9 Å². The summed E-state index contributed by atoms with van der Waals surface area (Å²) in [6, 6.07) is 16.8. The molecule has 0 aliphatic carbocycles. The number of ether oxygens (including phenoxy) is 1. The maximum atomic E-state index is 14.1. The highest BCUT2D eigenvalue weighted by molar-refractivity contribution is 7.92. The number of benzene rings is 3. The van der Waals surface area contributed by atoms with E-state index in [1.807, 2.05) is 20.8 Å². The van der Waals surface area contributed by atoms with Crippen molar-refractivity contribution in [3.63, 3.8) is 0 Å². The maximum absolute atomic E-state index is 14.1. The summed E-state index contributed by atoms with van der Waals surface area (Å²) < 4.78 is 34.9. The van der Waals surface area contributed by atoms with E-state index >= 15 is 0 Å². The van der Waals surface area contributed by atoms with Crippen molar-refractivity contribution in [3.05, 3.63) is 87.9 Å². The Morgan fingerprint density at radius 1 is 0.976 bits per heavy atom. The van der Waals surface area contributed by atoms with Crippen molar-refractivity contribution in [2.24, 2.45) is 0 Å². The topological polar surface area (TPSA) is 96.0 Å². The number of sulfonamides is 1. The van der Waals surface area contributed by atoms with Crippen LogP contribution in [0, 0.1) is 6.92 Å². The van der Waals surface area contributed by atoms with E-state index < -0.39 is 28.5 Å². The van der Waals surface area contributed by atoms with Gasteiger partial charge in [-0.15, -0.1) is 0 Å². The van der Waals surface area contributed by atoms with E-state index in [0.717, 1.165) is 9.87 Å². The number of anilines is 1. The monoisotopic (exact) mass is 633 g/mol. The van der Waals surface area contributed by atoms with Crippen molar-refractivity contribution in [1.82, 2.24) is 10.2 Å². The summed E-state index contributed by atoms with van der Waals surface area (Å²) in [5.41, 5.74) is 1.65. The number of carbonyl (C=O) groups excluding carboxylic acids is 2. The number of nitrogens with one attached hydrogen (secondary N) is 1. The molecule has 0 spiro atoms. The molecule has 0 fully saturated rings. The number of hydrogen-bond donors (Lipinski definition) is 1. The fourth-order valence-electron chi connectivity index (χ4n) is 4.17. The third kappa shape index (κ3) is 8.18. The summed E-state index contributed by atoms with van der Waals surface area (Å²) >= 11 is 12.5. The van der Waals surface area contributed by atoms with E-state index in [1.165, 1.54) is 17.0 Å². The lowest BCUT2D eigenvalue weighted by molar-refractivity contribution is -0.139. The molecule has 3 aromatic rings. The Morgan fingerprint density at radius 3 is 2.26 bits per heavy atom. The van der Waals surface area contributed by atoms with E-state index in [-0.39, 0.29) is 35.7 Å². The average molecular weight is 635 g/mol. The molecule has 0 unspecified atom stereocenters. The second-order valence-electron chi connectivity index (χ2n) is 9.98. The molecule has 2 amide bonds. The Balaban J connectivity index is 2.10. The van der Waals surface area contributed by atoms with Crippen LogP contribution in [0.5, 0.6) is 5.75 Å². The number of aryl methyl sites for hydroxylation is 1. The number of hydrogen-bond acceptors (Lipinski definition) is 5. The molecule has 0 bridgehead atoms. The van der Waals surface area contributed by atoms with Crippen LogP contribution in [-0.4, -0.2) is 50.4 Å². The third-order valence-corrected chi connectivity index (χ3v) is 9.21. The maximum Gasteiger partial charge on any atom is 0.264 e. The Kier molecular flexibility index (Phi) is 11.7. The van der Waals surface area contributed by atoms with E-state index in [1.54, 1.807) is 68.4 Å². The van der Waals surface area contributed by atoms with Gasteiger partial charge in [-0.3, -0.25) is 13.9 Å². The second kappa shape index (κ2) is 14.8. The molecule has 42 heavy (non-hydrogen) atoms. The summed E-state index contributed by atoms with van der Waals surface area (Å²) in [5, 5.41) is 3.65. The molecular formula is C31H37Cl2N3O5S. The van der Waals surface area contributed by atoms with Crippen molar-refractivity contribution in [2.45, 2.75) is 64.6 Å². The summed E-state index contributed by atoms with van der Waals surface area (Å²) in [7, 11) is -4.23. The van der Waals surface area contributed by atoms with Crippen LogP contribution in [-0.2, 0) is 26.2 Å². The van der Waals surface area contributed by atoms with Gasteiger partial charge in [0.05, 0.1) is 17.2 Å². The van der Waals surface area contributed by atoms with Crippen molar-refractivity contribution in [1.29, 1.82) is 0 Å². The number of amides is 2. The van der Waals surface area contributed by atoms with E-state index in [0.29, 0.717) is 27.8 Å². The van der Waals surface area contributed by atoms with Crippen LogP contribution in [0.2, 0.25) is 10.0 Å². The zero-order chi connectivity index (χ0) is 31.0. The standard InChI is InChI=1S/C31H37Cl2N3O5S/c1-6-22(4)34-31(38)23(5)35(19-24-14-15-25(32)18-27(24)33)30(37)20-36(28-10-8-9-11-29(28)41-7-2)42(39,40)26-16-12-21(3)13-17-26/h8-18,22-23H,6-7,19-20H2,1-5H3,(H,34,38)/t22-,23+/m0/s1. The zero-order valence-corrected chi connectivity index (χ0v) is 26.8. The van der Waals surface area contributed by atoms with Gasteiger partial charge < -0.3 is 15.0 Å². The van der Waals surface area contributed by atoms with Crippen LogP contribution in [0.25, 0.3) is 0 Å². The molecule has 3 aromatic carbocycles. The summed E-state index contributed by atoms with van der Waals surface area (Å²) in [4.78, 5) is 28.7. The average Bonchev–Trinajstić information content (AvgIpc) is 2.95. The molecule has 1 N–H and O–H groups in total. The molecule has 0 aliphatic heterocycles. The van der Waals surface area contributed by atoms with Gasteiger partial charge in [0.25, 0.3) is 10.0 Å². The summed E-state index contributed by atoms with van der Waals surface area (Å²) in [6.45, 7) is 8.71. The van der Waals surface area contributed by atoms with Gasteiger partial charge in [0, 0.05) is 22.6 Å². The first-order valence-electron chi connectivity index (χ1n) is 13.7. The van der Waals surface area contributed by atoms with Crippen LogP contribution in [0.4, 0.5) is 5.69 Å². The van der Waals surface area contributed by atoms with Gasteiger partial charge in [-0.1, -0.05) is 66.0 Å². The van der Waals surface area contributed by atoms with Gasteiger partial charge in [0.2, 0.25) is 11.8 Å². The number of carbonyl (C=O) groups is 2. The first kappa shape index (κ1) is 33.2. The molecule has 0 saturated heterocycles. The van der Waals surface area contributed by atoms with Gasteiger partial charge in [-0.25, -0.2) is 8.42 Å². The van der Waals surface area contributed by atoms with Gasteiger partial charge >= 0.3 is 0 Å². The Hall–Kier alpha value is -3.27. The largest absolute Gasteiger partial charge is 0.492 e. The molecule has 0 aromatic heterocycles.